The molecule has 0 amide bonds. The summed E-state index contributed by atoms with van der Waals surface area (Å²) in [5.41, 5.74) is 5.33. The molecular weight excluding hydrogens is 347 g/mol. The fourth-order valence-electron chi connectivity index (χ4n) is 2.61. The van der Waals surface area contributed by atoms with Crippen LogP contribution in [0.3, 0.4) is 0 Å². The topological polar surface area (TPSA) is 63.4 Å². The molecule has 7 heteroatoms. The number of nitrogens with two attached hydrogens (primary N) is 1. The molecule has 1 aliphatic heterocycles. The number of benzene rings is 1. The molecule has 20 heavy (non-hydrogen) atoms. The highest BCUT2D eigenvalue weighted by molar-refractivity contribution is 9.10. The molecule has 2 rings (SSSR count). The minimum atomic E-state index is -3.66. The largest absolute Gasteiger partial charge is 0.396 e. The summed E-state index contributed by atoms with van der Waals surface area (Å²) < 4.78 is 40.4. The maximum absolute atomic E-state index is 13.4. The van der Waals surface area contributed by atoms with Gasteiger partial charge in [-0.05, 0) is 53.7 Å². The van der Waals surface area contributed by atoms with Gasteiger partial charge >= 0.3 is 0 Å². The molecule has 0 bridgehead atoms. The lowest BCUT2D eigenvalue weighted by Crippen LogP contribution is -2.44. The van der Waals surface area contributed by atoms with E-state index in [4.69, 9.17) is 5.73 Å². The van der Waals surface area contributed by atoms with Gasteiger partial charge in [0.2, 0.25) is 10.0 Å². The molecule has 2 unspecified atom stereocenters. The van der Waals surface area contributed by atoms with Gasteiger partial charge in [-0.25, -0.2) is 12.8 Å². The summed E-state index contributed by atoms with van der Waals surface area (Å²) in [6.45, 7) is 4.49. The van der Waals surface area contributed by atoms with Crippen molar-refractivity contribution >= 4 is 31.6 Å². The Morgan fingerprint density at radius 1 is 1.40 bits per heavy atom. The van der Waals surface area contributed by atoms with Crippen LogP contribution in [0.5, 0.6) is 0 Å². The number of nitrogen functional groups attached to an aromatic ring is 1. The molecule has 1 aromatic rings. The molecule has 0 saturated carbocycles. The van der Waals surface area contributed by atoms with Gasteiger partial charge in [0.25, 0.3) is 0 Å². The van der Waals surface area contributed by atoms with Gasteiger partial charge in [0.15, 0.2) is 0 Å². The lowest BCUT2D eigenvalue weighted by atomic mass is 9.95. The van der Waals surface area contributed by atoms with Crippen molar-refractivity contribution in [1.82, 2.24) is 4.31 Å². The van der Waals surface area contributed by atoms with Gasteiger partial charge < -0.3 is 5.73 Å². The van der Waals surface area contributed by atoms with E-state index in [-0.39, 0.29) is 21.1 Å². The molecule has 1 aliphatic rings. The highest BCUT2D eigenvalue weighted by Crippen LogP contribution is 2.33. The van der Waals surface area contributed by atoms with Crippen LogP contribution >= 0.6 is 15.9 Å². The Morgan fingerprint density at radius 3 is 2.65 bits per heavy atom. The van der Waals surface area contributed by atoms with Crippen molar-refractivity contribution < 1.29 is 12.8 Å². The molecule has 0 aromatic heterocycles. The first-order chi connectivity index (χ1) is 9.23. The van der Waals surface area contributed by atoms with E-state index in [1.165, 1.54) is 10.4 Å². The zero-order valence-electron chi connectivity index (χ0n) is 11.4. The molecule has 112 valence electrons. The third-order valence-corrected chi connectivity index (χ3v) is 6.69. The molecule has 4 nitrogen and oxygen atoms in total. The lowest BCUT2D eigenvalue weighted by Gasteiger charge is -2.35. The van der Waals surface area contributed by atoms with Crippen molar-refractivity contribution in [2.75, 3.05) is 12.3 Å². The first-order valence-corrected chi connectivity index (χ1v) is 8.73. The van der Waals surface area contributed by atoms with E-state index >= 15 is 0 Å². The van der Waals surface area contributed by atoms with Crippen LogP contribution in [-0.2, 0) is 10.0 Å². The maximum atomic E-state index is 13.4. The van der Waals surface area contributed by atoms with Crippen molar-refractivity contribution in [3.8, 4) is 0 Å². The fourth-order valence-corrected chi connectivity index (χ4v) is 5.28. The second-order valence-corrected chi connectivity index (χ2v) is 8.11. The molecular formula is C13H18BrFN2O2S. The van der Waals surface area contributed by atoms with Crippen molar-refractivity contribution in [3.05, 3.63) is 22.4 Å². The molecule has 0 aliphatic carbocycles. The van der Waals surface area contributed by atoms with Crippen LogP contribution in [0.15, 0.2) is 21.5 Å². The van der Waals surface area contributed by atoms with Gasteiger partial charge in [0.1, 0.15) is 5.82 Å². The van der Waals surface area contributed by atoms with Gasteiger partial charge in [-0.15, -0.1) is 0 Å². The van der Waals surface area contributed by atoms with Crippen LogP contribution in [0.1, 0.15) is 26.7 Å². The molecule has 2 N–H and O–H groups in total. The van der Waals surface area contributed by atoms with Gasteiger partial charge in [-0.1, -0.05) is 6.92 Å². The van der Waals surface area contributed by atoms with E-state index in [0.717, 1.165) is 18.9 Å². The van der Waals surface area contributed by atoms with Crippen LogP contribution < -0.4 is 5.73 Å². The maximum Gasteiger partial charge on any atom is 0.244 e. The Bertz CT molecular complexity index is 621. The summed E-state index contributed by atoms with van der Waals surface area (Å²) in [5, 5.41) is 0. The Labute approximate surface area is 127 Å². The summed E-state index contributed by atoms with van der Waals surface area (Å²) >= 11 is 3.11. The van der Waals surface area contributed by atoms with Gasteiger partial charge in [-0.2, -0.15) is 4.31 Å². The Hall–Kier alpha value is -0.660. The first kappa shape index (κ1) is 15.7. The summed E-state index contributed by atoms with van der Waals surface area (Å²) in [6.07, 6.45) is 1.66. The fraction of sp³-hybridized carbons (Fsp3) is 0.538. The zero-order valence-corrected chi connectivity index (χ0v) is 13.8. The molecule has 2 atom stereocenters. The van der Waals surface area contributed by atoms with Crippen LogP contribution in [-0.4, -0.2) is 25.3 Å². The number of anilines is 1. The molecule has 1 heterocycles. The molecule has 1 saturated heterocycles. The van der Waals surface area contributed by atoms with E-state index in [2.05, 4.69) is 22.9 Å². The second-order valence-electron chi connectivity index (χ2n) is 5.40. The van der Waals surface area contributed by atoms with Crippen LogP contribution in [0.2, 0.25) is 0 Å². The standard InChI is InChI=1S/C13H18BrFN2O2S/c1-8-3-4-17(9(2)5-8)20(18,19)13-7-12(16)11(15)6-10(13)14/h6-9H,3-5,16H2,1-2H3. The smallest absolute Gasteiger partial charge is 0.244 e. The lowest BCUT2D eigenvalue weighted by molar-refractivity contribution is 0.220. The summed E-state index contributed by atoms with van der Waals surface area (Å²) in [7, 11) is -3.66. The van der Waals surface area contributed by atoms with E-state index in [1.54, 1.807) is 0 Å². The van der Waals surface area contributed by atoms with Crippen molar-refractivity contribution in [1.29, 1.82) is 0 Å². The number of rotatable bonds is 2. The quantitative estimate of drug-likeness (QED) is 0.820. The number of halogens is 2. The number of hydrogen-bond acceptors (Lipinski definition) is 3. The summed E-state index contributed by atoms with van der Waals surface area (Å²) in [4.78, 5) is 0.0257. The minimum Gasteiger partial charge on any atom is -0.396 e. The highest BCUT2D eigenvalue weighted by Gasteiger charge is 2.34. The van der Waals surface area contributed by atoms with Crippen molar-refractivity contribution in [2.24, 2.45) is 5.92 Å². The summed E-state index contributed by atoms with van der Waals surface area (Å²) in [5.74, 6) is -0.116. The van der Waals surface area contributed by atoms with Gasteiger partial charge in [-0.3, -0.25) is 0 Å². The number of hydrogen-bond donors (Lipinski definition) is 1. The Morgan fingerprint density at radius 2 is 2.05 bits per heavy atom. The molecule has 1 fully saturated rings. The molecule has 1 aromatic carbocycles. The highest BCUT2D eigenvalue weighted by atomic mass is 79.9. The van der Waals surface area contributed by atoms with Crippen LogP contribution in [0, 0.1) is 11.7 Å². The predicted molar refractivity (Wildman–Crippen MR) is 80.3 cm³/mol. The first-order valence-electron chi connectivity index (χ1n) is 6.50. The minimum absolute atomic E-state index is 0.0257. The van der Waals surface area contributed by atoms with Crippen LogP contribution in [0.25, 0.3) is 0 Å². The van der Waals surface area contributed by atoms with E-state index < -0.39 is 15.8 Å². The average molecular weight is 365 g/mol. The third-order valence-electron chi connectivity index (χ3n) is 3.72. The normalized spacial score (nSPS) is 24.8. The van der Waals surface area contributed by atoms with E-state index in [1.807, 2.05) is 6.92 Å². The SMILES string of the molecule is CC1CCN(S(=O)(=O)c2cc(N)c(F)cc2Br)C(C)C1. The van der Waals surface area contributed by atoms with Gasteiger partial charge in [0, 0.05) is 17.1 Å². The monoisotopic (exact) mass is 364 g/mol. The molecule has 0 spiro atoms. The van der Waals surface area contributed by atoms with E-state index in [9.17, 15) is 12.8 Å². The number of piperidine rings is 1. The zero-order chi connectivity index (χ0) is 15.1. The average Bonchev–Trinajstić information content (AvgIpc) is 2.33. The molecule has 0 radical (unpaired) electrons. The third kappa shape index (κ3) is 2.84. The number of sulfonamides is 1. The Kier molecular flexibility index (Phi) is 4.41. The van der Waals surface area contributed by atoms with Crippen molar-refractivity contribution in [2.45, 2.75) is 37.6 Å². The second kappa shape index (κ2) is 5.61. The van der Waals surface area contributed by atoms with Gasteiger partial charge in [0.05, 0.1) is 10.6 Å². The predicted octanol–water partition coefficient (Wildman–Crippen LogP) is 2.98. The Balaban J connectivity index is 2.43. The van der Waals surface area contributed by atoms with Crippen LogP contribution in [0.4, 0.5) is 10.1 Å². The number of nitrogens with zero attached hydrogens (tertiary/aromatic N) is 1. The summed E-state index contributed by atoms with van der Waals surface area (Å²) in [6, 6.07) is 2.21. The van der Waals surface area contributed by atoms with E-state index in [0.29, 0.717) is 12.5 Å². The van der Waals surface area contributed by atoms with Crippen molar-refractivity contribution in [3.63, 3.8) is 0 Å².